The average molecular weight is 265 g/mol. The molecule has 0 aromatic carbocycles. The topological polar surface area (TPSA) is 51.4 Å². The van der Waals surface area contributed by atoms with Crippen molar-refractivity contribution >= 4 is 23.0 Å². The van der Waals surface area contributed by atoms with Crippen LogP contribution in [0.5, 0.6) is 0 Å². The van der Waals surface area contributed by atoms with Crippen molar-refractivity contribution in [3.8, 4) is 0 Å². The smallest absolute Gasteiger partial charge is 0.138 e. The van der Waals surface area contributed by atoms with Gasteiger partial charge in [-0.15, -0.1) is 0 Å². The van der Waals surface area contributed by atoms with Crippen LogP contribution in [0.4, 0.5) is 5.82 Å². The molecule has 18 heavy (non-hydrogen) atoms. The van der Waals surface area contributed by atoms with Crippen LogP contribution in [-0.4, -0.2) is 35.8 Å². The molecular formula is C13H19N3OS. The van der Waals surface area contributed by atoms with E-state index in [-0.39, 0.29) is 6.10 Å². The summed E-state index contributed by atoms with van der Waals surface area (Å²) in [5, 5.41) is 0. The van der Waals surface area contributed by atoms with Gasteiger partial charge in [0.05, 0.1) is 11.7 Å². The molecule has 1 fully saturated rings. The van der Waals surface area contributed by atoms with E-state index in [1.165, 1.54) is 0 Å². The lowest BCUT2D eigenvalue weighted by Crippen LogP contribution is -2.41. The van der Waals surface area contributed by atoms with Crippen molar-refractivity contribution in [2.75, 3.05) is 24.6 Å². The zero-order chi connectivity index (χ0) is 13.0. The highest BCUT2D eigenvalue weighted by atomic mass is 32.1. The van der Waals surface area contributed by atoms with Crippen molar-refractivity contribution < 1.29 is 4.74 Å². The molecule has 1 aromatic rings. The number of nitrogens with two attached hydrogens (primary N) is 1. The number of ether oxygens (including phenoxy) is 1. The third-order valence-corrected chi connectivity index (χ3v) is 3.35. The van der Waals surface area contributed by atoms with E-state index in [1.54, 1.807) is 6.20 Å². The first-order valence-electron chi connectivity index (χ1n) is 6.33. The van der Waals surface area contributed by atoms with Crippen LogP contribution in [0.25, 0.3) is 0 Å². The number of thiocarbonyl (C=S) groups is 1. The summed E-state index contributed by atoms with van der Waals surface area (Å²) >= 11 is 5.08. The van der Waals surface area contributed by atoms with Crippen LogP contribution in [0.3, 0.4) is 0 Å². The molecule has 1 aliphatic rings. The molecule has 2 heterocycles. The first kappa shape index (κ1) is 13.2. The zero-order valence-corrected chi connectivity index (χ0v) is 11.4. The number of rotatable bonds is 4. The van der Waals surface area contributed by atoms with Crippen molar-refractivity contribution in [2.45, 2.75) is 25.9 Å². The van der Waals surface area contributed by atoms with E-state index in [9.17, 15) is 0 Å². The molecule has 1 saturated heterocycles. The maximum Gasteiger partial charge on any atom is 0.138 e. The minimum absolute atomic E-state index is 0.282. The molecule has 98 valence electrons. The first-order chi connectivity index (χ1) is 8.72. The molecule has 4 nitrogen and oxygen atoms in total. The molecule has 0 bridgehead atoms. The van der Waals surface area contributed by atoms with E-state index in [0.717, 1.165) is 43.9 Å². The second kappa shape index (κ2) is 6.11. The summed E-state index contributed by atoms with van der Waals surface area (Å²) in [7, 11) is 0. The third-order valence-electron chi connectivity index (χ3n) is 3.13. The van der Waals surface area contributed by atoms with Crippen LogP contribution >= 0.6 is 12.2 Å². The lowest BCUT2D eigenvalue weighted by molar-refractivity contribution is 0.0525. The Morgan fingerprint density at radius 1 is 1.67 bits per heavy atom. The highest BCUT2D eigenvalue weighted by molar-refractivity contribution is 7.80. The van der Waals surface area contributed by atoms with Gasteiger partial charge < -0.3 is 15.4 Å². The molecule has 1 aromatic heterocycles. The SMILES string of the molecule is CCOC1CCCN(c2ncccc2C(N)=S)C1. The number of nitrogens with zero attached hydrogens (tertiary/aromatic N) is 2. The van der Waals surface area contributed by atoms with Crippen molar-refractivity contribution in [1.82, 2.24) is 4.98 Å². The summed E-state index contributed by atoms with van der Waals surface area (Å²) in [6.45, 7) is 4.62. The van der Waals surface area contributed by atoms with E-state index in [4.69, 9.17) is 22.7 Å². The van der Waals surface area contributed by atoms with Gasteiger partial charge in [-0.05, 0) is 31.9 Å². The van der Waals surface area contributed by atoms with Gasteiger partial charge >= 0.3 is 0 Å². The molecule has 1 aliphatic heterocycles. The van der Waals surface area contributed by atoms with Crippen LogP contribution in [0, 0.1) is 0 Å². The van der Waals surface area contributed by atoms with Gasteiger partial charge in [0.2, 0.25) is 0 Å². The average Bonchev–Trinajstić information content (AvgIpc) is 2.39. The van der Waals surface area contributed by atoms with Crippen LogP contribution in [0.1, 0.15) is 25.3 Å². The van der Waals surface area contributed by atoms with Gasteiger partial charge in [0.25, 0.3) is 0 Å². The van der Waals surface area contributed by atoms with Gasteiger partial charge in [-0.25, -0.2) is 4.98 Å². The number of hydrogen-bond donors (Lipinski definition) is 1. The molecule has 0 amide bonds. The summed E-state index contributed by atoms with van der Waals surface area (Å²) in [5.41, 5.74) is 6.60. The van der Waals surface area contributed by atoms with Gasteiger partial charge in [-0.2, -0.15) is 0 Å². The van der Waals surface area contributed by atoms with Crippen molar-refractivity contribution in [3.05, 3.63) is 23.9 Å². The van der Waals surface area contributed by atoms with Gasteiger partial charge in [-0.1, -0.05) is 12.2 Å². The quantitative estimate of drug-likeness (QED) is 0.840. The predicted octanol–water partition coefficient (Wildman–Crippen LogP) is 1.72. The minimum Gasteiger partial charge on any atom is -0.389 e. The lowest BCUT2D eigenvalue weighted by atomic mass is 10.1. The number of aromatic nitrogens is 1. The Hall–Kier alpha value is -1.20. The van der Waals surface area contributed by atoms with Crippen molar-refractivity contribution in [2.24, 2.45) is 5.73 Å². The van der Waals surface area contributed by atoms with E-state index in [0.29, 0.717) is 4.99 Å². The van der Waals surface area contributed by atoms with Crippen LogP contribution in [0.2, 0.25) is 0 Å². The number of piperidine rings is 1. The molecule has 2 rings (SSSR count). The Morgan fingerprint density at radius 3 is 3.22 bits per heavy atom. The van der Waals surface area contributed by atoms with E-state index in [1.807, 2.05) is 19.1 Å². The second-order valence-corrected chi connectivity index (χ2v) is 4.84. The van der Waals surface area contributed by atoms with Gasteiger partial charge in [0, 0.05) is 25.9 Å². The third kappa shape index (κ3) is 2.97. The highest BCUT2D eigenvalue weighted by Crippen LogP contribution is 2.22. The second-order valence-electron chi connectivity index (χ2n) is 4.40. The number of hydrogen-bond acceptors (Lipinski definition) is 4. The van der Waals surface area contributed by atoms with E-state index < -0.39 is 0 Å². The Balaban J connectivity index is 2.18. The molecule has 2 N–H and O–H groups in total. The summed E-state index contributed by atoms with van der Waals surface area (Å²) in [5.74, 6) is 0.884. The van der Waals surface area contributed by atoms with E-state index >= 15 is 0 Å². The van der Waals surface area contributed by atoms with Crippen molar-refractivity contribution in [3.63, 3.8) is 0 Å². The Kier molecular flexibility index (Phi) is 4.49. The largest absolute Gasteiger partial charge is 0.389 e. The molecule has 1 unspecified atom stereocenters. The minimum atomic E-state index is 0.282. The van der Waals surface area contributed by atoms with Crippen molar-refractivity contribution in [1.29, 1.82) is 0 Å². The summed E-state index contributed by atoms with van der Waals surface area (Å²) < 4.78 is 5.70. The Morgan fingerprint density at radius 2 is 2.50 bits per heavy atom. The van der Waals surface area contributed by atoms with Crippen LogP contribution < -0.4 is 10.6 Å². The first-order valence-corrected chi connectivity index (χ1v) is 6.74. The highest BCUT2D eigenvalue weighted by Gasteiger charge is 2.23. The predicted molar refractivity (Wildman–Crippen MR) is 77.0 cm³/mol. The Labute approximate surface area is 113 Å². The van der Waals surface area contributed by atoms with E-state index in [2.05, 4.69) is 9.88 Å². The fraction of sp³-hybridized carbons (Fsp3) is 0.538. The molecule has 0 spiro atoms. The molecule has 1 atom stereocenters. The molecule has 0 aliphatic carbocycles. The zero-order valence-electron chi connectivity index (χ0n) is 10.6. The molecule has 5 heteroatoms. The summed E-state index contributed by atoms with van der Waals surface area (Å²) in [6.07, 6.45) is 4.28. The molecule has 0 radical (unpaired) electrons. The fourth-order valence-electron chi connectivity index (χ4n) is 2.34. The lowest BCUT2D eigenvalue weighted by Gasteiger charge is -2.34. The number of pyridine rings is 1. The van der Waals surface area contributed by atoms with Gasteiger partial charge in [-0.3, -0.25) is 0 Å². The summed E-state index contributed by atoms with van der Waals surface area (Å²) in [6, 6.07) is 3.79. The molecule has 0 saturated carbocycles. The maximum atomic E-state index is 5.75. The van der Waals surface area contributed by atoms with Crippen LogP contribution in [-0.2, 0) is 4.74 Å². The normalized spacial score (nSPS) is 19.8. The standard InChI is InChI=1S/C13H19N3OS/c1-2-17-10-5-4-8-16(9-10)13-11(12(14)18)6-3-7-15-13/h3,6-7,10H,2,4-5,8-9H2,1H3,(H2,14,18). The van der Waals surface area contributed by atoms with Crippen LogP contribution in [0.15, 0.2) is 18.3 Å². The monoisotopic (exact) mass is 265 g/mol. The maximum absolute atomic E-state index is 5.75. The Bertz CT molecular complexity index is 422. The van der Waals surface area contributed by atoms with Gasteiger partial charge in [0.1, 0.15) is 10.8 Å². The number of anilines is 1. The molecular weight excluding hydrogens is 246 g/mol. The fourth-order valence-corrected chi connectivity index (χ4v) is 2.50. The van der Waals surface area contributed by atoms with Gasteiger partial charge in [0.15, 0.2) is 0 Å². The summed E-state index contributed by atoms with van der Waals surface area (Å²) in [4.78, 5) is 7.04.